The van der Waals surface area contributed by atoms with E-state index in [4.69, 9.17) is 9.47 Å². The average Bonchev–Trinajstić information content (AvgIpc) is 2.64. The quantitative estimate of drug-likeness (QED) is 0.678. The minimum Gasteiger partial charge on any atom is -0.497 e. The zero-order valence-corrected chi connectivity index (χ0v) is 16.9. The van der Waals surface area contributed by atoms with Crippen LogP contribution < -0.4 is 19.2 Å². The number of methoxy groups -OCH3 is 2. The maximum atomic E-state index is 12.3. The predicted octanol–water partition coefficient (Wildman–Crippen LogP) is 0.668. The van der Waals surface area contributed by atoms with Gasteiger partial charge in [0.05, 0.1) is 26.2 Å². The van der Waals surface area contributed by atoms with Crippen LogP contribution in [0.25, 0.3) is 0 Å². The van der Waals surface area contributed by atoms with Crippen LogP contribution in [0.5, 0.6) is 11.5 Å². The Kier molecular flexibility index (Phi) is 7.03. The molecular formula is C17H26N4O5S. The lowest BCUT2D eigenvalue weighted by Gasteiger charge is -2.24. The topological polar surface area (TPSA) is 101 Å². The van der Waals surface area contributed by atoms with E-state index in [2.05, 4.69) is 15.4 Å². The minimum atomic E-state index is -3.74. The van der Waals surface area contributed by atoms with Crippen LogP contribution >= 0.6 is 0 Å². The second kappa shape index (κ2) is 9.05. The van der Waals surface area contributed by atoms with Gasteiger partial charge in [-0.05, 0) is 19.2 Å². The van der Waals surface area contributed by atoms with Gasteiger partial charge in [0.15, 0.2) is 0 Å². The number of hydrogen-bond donors (Lipinski definition) is 1. The highest BCUT2D eigenvalue weighted by atomic mass is 32.2. The highest BCUT2D eigenvalue weighted by Crippen LogP contribution is 2.33. The Bertz CT molecular complexity index is 800. The molecule has 0 unspecified atom stereocenters. The van der Waals surface area contributed by atoms with Crippen molar-refractivity contribution in [2.45, 2.75) is 12.8 Å². The summed E-state index contributed by atoms with van der Waals surface area (Å²) >= 11 is 0. The molecule has 0 spiro atoms. The van der Waals surface area contributed by atoms with Crippen molar-refractivity contribution in [3.8, 4) is 11.5 Å². The Morgan fingerprint density at radius 1 is 1.26 bits per heavy atom. The monoisotopic (exact) mass is 398 g/mol. The van der Waals surface area contributed by atoms with Crippen molar-refractivity contribution in [1.82, 2.24) is 10.3 Å². The molecular weight excluding hydrogens is 372 g/mol. The smallest absolute Gasteiger partial charge is 0.260 e. The summed E-state index contributed by atoms with van der Waals surface area (Å²) in [4.78, 5) is 14.5. The van der Waals surface area contributed by atoms with E-state index in [-0.39, 0.29) is 5.69 Å². The van der Waals surface area contributed by atoms with Gasteiger partial charge in [-0.25, -0.2) is 13.8 Å². The number of ether oxygens (including phenoxy) is 2. The van der Waals surface area contributed by atoms with Gasteiger partial charge in [-0.1, -0.05) is 0 Å². The lowest BCUT2D eigenvalue weighted by atomic mass is 10.1. The Balaban J connectivity index is 2.18. The first-order chi connectivity index (χ1) is 12.7. The number of carbonyl (C=O) groups excluding carboxylic acids is 1. The molecule has 10 heteroatoms. The van der Waals surface area contributed by atoms with E-state index in [9.17, 15) is 13.2 Å². The van der Waals surface area contributed by atoms with Crippen molar-refractivity contribution >= 4 is 27.3 Å². The molecule has 1 aromatic carbocycles. The highest BCUT2D eigenvalue weighted by molar-refractivity contribution is 7.92. The number of benzene rings is 1. The number of likely N-dealkylation sites (tertiary alicyclic amines) is 1. The average molecular weight is 398 g/mol. The molecule has 1 N–H and O–H groups in total. The summed E-state index contributed by atoms with van der Waals surface area (Å²) in [6.07, 6.45) is 2.58. The van der Waals surface area contributed by atoms with E-state index in [0.717, 1.165) is 42.2 Å². The maximum Gasteiger partial charge on any atom is 0.260 e. The first-order valence-electron chi connectivity index (χ1n) is 8.47. The summed E-state index contributed by atoms with van der Waals surface area (Å²) in [5.74, 6) is 0.235. The molecule has 1 aromatic rings. The Morgan fingerprint density at radius 2 is 1.93 bits per heavy atom. The molecule has 0 bridgehead atoms. The normalized spacial score (nSPS) is 15.2. The van der Waals surface area contributed by atoms with Crippen molar-refractivity contribution in [3.63, 3.8) is 0 Å². The molecule has 1 saturated heterocycles. The zero-order valence-electron chi connectivity index (χ0n) is 16.1. The molecule has 1 aliphatic heterocycles. The number of piperidine rings is 1. The fourth-order valence-corrected chi connectivity index (χ4v) is 3.52. The molecule has 0 saturated carbocycles. The number of rotatable bonds is 7. The molecule has 27 heavy (non-hydrogen) atoms. The van der Waals surface area contributed by atoms with Crippen LogP contribution in [0.4, 0.5) is 5.69 Å². The van der Waals surface area contributed by atoms with Crippen LogP contribution in [0.2, 0.25) is 0 Å². The maximum absolute atomic E-state index is 12.3. The second-order valence-corrected chi connectivity index (χ2v) is 8.23. The molecule has 0 atom stereocenters. The number of amides is 1. The molecule has 2 rings (SSSR count). The van der Waals surface area contributed by atoms with Crippen LogP contribution in [0.3, 0.4) is 0 Å². The van der Waals surface area contributed by atoms with Gasteiger partial charge in [-0.2, -0.15) is 5.10 Å². The van der Waals surface area contributed by atoms with E-state index in [1.165, 1.54) is 20.3 Å². The molecule has 150 valence electrons. The van der Waals surface area contributed by atoms with E-state index in [0.29, 0.717) is 11.5 Å². The Morgan fingerprint density at radius 3 is 2.48 bits per heavy atom. The van der Waals surface area contributed by atoms with Gasteiger partial charge in [0.2, 0.25) is 10.0 Å². The SMILES string of the molecule is COc1ccc(OC)c(N(CC(=O)NN=C2CCN(C)CC2)S(C)(=O)=O)c1. The number of nitrogens with one attached hydrogen (secondary N) is 1. The highest BCUT2D eigenvalue weighted by Gasteiger charge is 2.25. The molecule has 1 heterocycles. The summed E-state index contributed by atoms with van der Waals surface area (Å²) in [5, 5.41) is 4.14. The molecule has 1 aliphatic rings. The first kappa shape index (κ1) is 21.0. The zero-order chi connectivity index (χ0) is 20.0. The van der Waals surface area contributed by atoms with Gasteiger partial charge >= 0.3 is 0 Å². The Labute approximate surface area is 160 Å². The van der Waals surface area contributed by atoms with Gasteiger partial charge in [-0.15, -0.1) is 0 Å². The summed E-state index contributed by atoms with van der Waals surface area (Å²) < 4.78 is 35.9. The van der Waals surface area contributed by atoms with Gasteiger partial charge < -0.3 is 14.4 Å². The van der Waals surface area contributed by atoms with Gasteiger partial charge in [0, 0.05) is 37.7 Å². The van der Waals surface area contributed by atoms with Gasteiger partial charge in [-0.3, -0.25) is 9.10 Å². The number of sulfonamides is 1. The van der Waals surface area contributed by atoms with E-state index in [1.807, 2.05) is 7.05 Å². The van der Waals surface area contributed by atoms with E-state index >= 15 is 0 Å². The fraction of sp³-hybridized carbons (Fsp3) is 0.529. The van der Waals surface area contributed by atoms with Crippen molar-refractivity contribution < 1.29 is 22.7 Å². The molecule has 0 radical (unpaired) electrons. The van der Waals surface area contributed by atoms with Crippen LogP contribution in [0.1, 0.15) is 12.8 Å². The number of hydrazone groups is 1. The van der Waals surface area contributed by atoms with Crippen LogP contribution in [-0.4, -0.2) is 72.1 Å². The van der Waals surface area contributed by atoms with Crippen molar-refractivity contribution in [1.29, 1.82) is 0 Å². The van der Waals surface area contributed by atoms with E-state index in [1.54, 1.807) is 12.1 Å². The molecule has 0 aromatic heterocycles. The first-order valence-corrected chi connectivity index (χ1v) is 10.3. The van der Waals surface area contributed by atoms with Crippen molar-refractivity contribution in [2.24, 2.45) is 5.10 Å². The number of carbonyl (C=O) groups is 1. The summed E-state index contributed by atoms with van der Waals surface area (Å²) in [6, 6.07) is 4.74. The largest absolute Gasteiger partial charge is 0.497 e. The van der Waals surface area contributed by atoms with Crippen LogP contribution in [0.15, 0.2) is 23.3 Å². The van der Waals surface area contributed by atoms with Crippen LogP contribution in [0, 0.1) is 0 Å². The Hall–Kier alpha value is -2.33. The minimum absolute atomic E-state index is 0.224. The third kappa shape index (κ3) is 5.83. The molecule has 1 amide bonds. The molecule has 0 aliphatic carbocycles. The third-order valence-electron chi connectivity index (χ3n) is 4.25. The van der Waals surface area contributed by atoms with Crippen LogP contribution in [-0.2, 0) is 14.8 Å². The van der Waals surface area contributed by atoms with Gasteiger partial charge in [0.25, 0.3) is 5.91 Å². The summed E-state index contributed by atoms with van der Waals surface area (Å²) in [6.45, 7) is 1.34. The molecule has 1 fully saturated rings. The predicted molar refractivity (Wildman–Crippen MR) is 104 cm³/mol. The van der Waals surface area contributed by atoms with Crippen molar-refractivity contribution in [2.75, 3.05) is 51.5 Å². The number of hydrogen-bond acceptors (Lipinski definition) is 7. The lowest BCUT2D eigenvalue weighted by molar-refractivity contribution is -0.119. The standard InChI is InChI=1S/C17H26N4O5S/c1-20-9-7-13(8-10-20)18-19-17(22)12-21(27(4,23)24)15-11-14(25-2)5-6-16(15)26-3/h5-6,11H,7-10,12H2,1-4H3,(H,19,22). The fourth-order valence-electron chi connectivity index (χ4n) is 2.67. The second-order valence-electron chi connectivity index (χ2n) is 6.32. The number of anilines is 1. The van der Waals surface area contributed by atoms with Crippen molar-refractivity contribution in [3.05, 3.63) is 18.2 Å². The summed E-state index contributed by atoms with van der Waals surface area (Å²) in [5.41, 5.74) is 3.58. The number of nitrogens with zero attached hydrogens (tertiary/aromatic N) is 3. The van der Waals surface area contributed by atoms with Gasteiger partial charge in [0.1, 0.15) is 18.0 Å². The van der Waals surface area contributed by atoms with E-state index < -0.39 is 22.5 Å². The molecule has 9 nitrogen and oxygen atoms in total. The third-order valence-corrected chi connectivity index (χ3v) is 5.37. The summed E-state index contributed by atoms with van der Waals surface area (Å²) in [7, 11) is 1.19. The lowest BCUT2D eigenvalue weighted by Crippen LogP contribution is -2.40.